The number of nitrogens with zero attached hydrogens (tertiary/aromatic N) is 5. The molecule has 0 radical (unpaired) electrons. The highest BCUT2D eigenvalue weighted by molar-refractivity contribution is 5.79. The van der Waals surface area contributed by atoms with Gasteiger partial charge in [-0.25, -0.2) is 0 Å². The highest BCUT2D eigenvalue weighted by atomic mass is 16.2. The first-order valence-electron chi connectivity index (χ1n) is 8.43. The largest absolute Gasteiger partial charge is 0.336 e. The molecule has 1 aromatic carbocycles. The van der Waals surface area contributed by atoms with Crippen LogP contribution in [0.1, 0.15) is 22.5 Å². The first-order valence-corrected chi connectivity index (χ1v) is 8.43. The van der Waals surface area contributed by atoms with E-state index >= 15 is 0 Å². The zero-order valence-electron chi connectivity index (χ0n) is 14.7. The Hall–Kier alpha value is -2.21. The molecule has 0 atom stereocenters. The van der Waals surface area contributed by atoms with E-state index < -0.39 is 0 Å². The molecule has 0 aliphatic carbocycles. The molecule has 0 bridgehead atoms. The van der Waals surface area contributed by atoms with E-state index in [0.717, 1.165) is 32.0 Å². The second kappa shape index (κ2) is 7.13. The van der Waals surface area contributed by atoms with Crippen LogP contribution in [0.3, 0.4) is 0 Å². The molecule has 0 unspecified atom stereocenters. The molecule has 1 fully saturated rings. The van der Waals surface area contributed by atoms with Crippen molar-refractivity contribution in [2.24, 2.45) is 0 Å². The number of hydrogen-bond donors (Lipinski definition) is 0. The van der Waals surface area contributed by atoms with Crippen molar-refractivity contribution < 1.29 is 4.79 Å². The van der Waals surface area contributed by atoms with E-state index in [-0.39, 0.29) is 5.91 Å². The lowest BCUT2D eigenvalue weighted by Crippen LogP contribution is -2.50. The van der Waals surface area contributed by atoms with E-state index in [0.29, 0.717) is 13.1 Å². The van der Waals surface area contributed by atoms with Gasteiger partial charge in [0.2, 0.25) is 5.91 Å². The summed E-state index contributed by atoms with van der Waals surface area (Å²) < 4.78 is 2.02. The zero-order chi connectivity index (χ0) is 17.1. The highest BCUT2D eigenvalue weighted by Crippen LogP contribution is 2.14. The number of aromatic nitrogens is 3. The summed E-state index contributed by atoms with van der Waals surface area (Å²) in [7, 11) is 0. The summed E-state index contributed by atoms with van der Waals surface area (Å²) in [5.74, 6) is 1.12. The van der Waals surface area contributed by atoms with Crippen molar-refractivity contribution in [1.29, 1.82) is 0 Å². The van der Waals surface area contributed by atoms with Crippen molar-refractivity contribution >= 4 is 5.91 Å². The summed E-state index contributed by atoms with van der Waals surface area (Å²) in [6.45, 7) is 10.7. The molecule has 2 heterocycles. The Bertz CT molecular complexity index is 724. The number of rotatable bonds is 5. The fraction of sp³-hybridized carbons (Fsp3) is 0.500. The fourth-order valence-corrected chi connectivity index (χ4v) is 3.02. The normalized spacial score (nSPS) is 16.0. The zero-order valence-corrected chi connectivity index (χ0v) is 14.7. The Kier molecular flexibility index (Phi) is 4.94. The van der Waals surface area contributed by atoms with Crippen LogP contribution < -0.4 is 0 Å². The van der Waals surface area contributed by atoms with Crippen molar-refractivity contribution in [3.8, 4) is 0 Å². The van der Waals surface area contributed by atoms with E-state index in [1.165, 1.54) is 16.7 Å². The van der Waals surface area contributed by atoms with Crippen molar-refractivity contribution in [1.82, 2.24) is 24.6 Å². The molecular formula is C18H25N5O. The van der Waals surface area contributed by atoms with Gasteiger partial charge in [0.25, 0.3) is 0 Å². The molecular weight excluding hydrogens is 302 g/mol. The second-order valence-corrected chi connectivity index (χ2v) is 6.58. The number of carbonyl (C=O) groups excluding carboxylic acids is 1. The average molecular weight is 327 g/mol. The van der Waals surface area contributed by atoms with E-state index in [1.54, 1.807) is 6.33 Å². The molecule has 1 aromatic heterocycles. The van der Waals surface area contributed by atoms with Crippen molar-refractivity contribution in [3.63, 3.8) is 0 Å². The molecule has 1 saturated heterocycles. The Balaban J connectivity index is 1.52. The topological polar surface area (TPSA) is 54.3 Å². The van der Waals surface area contributed by atoms with Gasteiger partial charge < -0.3 is 9.47 Å². The monoisotopic (exact) mass is 327 g/mol. The van der Waals surface area contributed by atoms with Crippen LogP contribution >= 0.6 is 0 Å². The predicted molar refractivity (Wildman–Crippen MR) is 92.5 cm³/mol. The van der Waals surface area contributed by atoms with E-state index in [2.05, 4.69) is 47.1 Å². The van der Waals surface area contributed by atoms with Gasteiger partial charge in [-0.15, -0.1) is 10.2 Å². The summed E-state index contributed by atoms with van der Waals surface area (Å²) in [4.78, 5) is 16.6. The van der Waals surface area contributed by atoms with Gasteiger partial charge in [0, 0.05) is 32.7 Å². The van der Waals surface area contributed by atoms with Gasteiger partial charge in [0.1, 0.15) is 12.2 Å². The molecule has 0 N–H and O–H groups in total. The maximum Gasteiger partial charge on any atom is 0.237 e. The van der Waals surface area contributed by atoms with Gasteiger partial charge in [0.15, 0.2) is 0 Å². The summed E-state index contributed by atoms with van der Waals surface area (Å²) in [6, 6.07) is 6.44. The van der Waals surface area contributed by atoms with Crippen LogP contribution in [0.2, 0.25) is 0 Å². The summed E-state index contributed by atoms with van der Waals surface area (Å²) in [5, 5.41) is 7.88. The quantitative estimate of drug-likeness (QED) is 0.836. The van der Waals surface area contributed by atoms with E-state index in [4.69, 9.17) is 0 Å². The third-order valence-electron chi connectivity index (χ3n) is 4.81. The van der Waals surface area contributed by atoms with Gasteiger partial charge in [-0.3, -0.25) is 9.69 Å². The van der Waals surface area contributed by atoms with Gasteiger partial charge in [-0.1, -0.05) is 18.2 Å². The number of aryl methyl sites for hydroxylation is 3. The lowest BCUT2D eigenvalue weighted by molar-refractivity contribution is -0.136. The summed E-state index contributed by atoms with van der Waals surface area (Å²) >= 11 is 0. The first-order chi connectivity index (χ1) is 11.5. The number of amides is 1. The molecule has 0 saturated carbocycles. The second-order valence-electron chi connectivity index (χ2n) is 6.58. The minimum Gasteiger partial charge on any atom is -0.336 e. The molecule has 24 heavy (non-hydrogen) atoms. The van der Waals surface area contributed by atoms with E-state index in [1.807, 2.05) is 16.4 Å². The molecule has 2 aromatic rings. The average Bonchev–Trinajstić information content (AvgIpc) is 2.96. The van der Waals surface area contributed by atoms with Crippen molar-refractivity contribution in [2.45, 2.75) is 33.9 Å². The lowest BCUT2D eigenvalue weighted by atomic mass is 10.1. The Morgan fingerprint density at radius 1 is 1.08 bits per heavy atom. The number of carbonyl (C=O) groups is 1. The number of piperazine rings is 1. The van der Waals surface area contributed by atoms with Crippen molar-refractivity contribution in [2.75, 3.05) is 26.2 Å². The summed E-state index contributed by atoms with van der Waals surface area (Å²) in [5.41, 5.74) is 3.78. The van der Waals surface area contributed by atoms with Crippen LogP contribution in [-0.2, 0) is 17.9 Å². The van der Waals surface area contributed by atoms with Crippen LogP contribution in [0.4, 0.5) is 0 Å². The third-order valence-corrected chi connectivity index (χ3v) is 4.81. The molecule has 1 aliphatic heterocycles. The van der Waals surface area contributed by atoms with Crippen LogP contribution in [-0.4, -0.2) is 56.7 Å². The van der Waals surface area contributed by atoms with E-state index in [9.17, 15) is 4.79 Å². The molecule has 6 heteroatoms. The van der Waals surface area contributed by atoms with Crippen LogP contribution in [0.15, 0.2) is 24.5 Å². The summed E-state index contributed by atoms with van der Waals surface area (Å²) in [6.07, 6.45) is 1.74. The molecule has 0 spiro atoms. The smallest absolute Gasteiger partial charge is 0.237 e. The van der Waals surface area contributed by atoms with Crippen LogP contribution in [0, 0.1) is 20.8 Å². The third kappa shape index (κ3) is 3.82. The maximum absolute atomic E-state index is 12.4. The first kappa shape index (κ1) is 16.6. The van der Waals surface area contributed by atoms with Gasteiger partial charge >= 0.3 is 0 Å². The molecule has 1 amide bonds. The maximum atomic E-state index is 12.4. The minimum absolute atomic E-state index is 0.208. The molecule has 128 valence electrons. The Morgan fingerprint density at radius 3 is 2.58 bits per heavy atom. The standard InChI is InChI=1S/C18H25N5O/c1-14-4-5-17(10-15(14)2)11-22-8-6-21(12-18(22)24)7-9-23-13-19-20-16(23)3/h4-5,10,13H,6-9,11-12H2,1-3H3. The van der Waals surface area contributed by atoms with Crippen LogP contribution in [0.5, 0.6) is 0 Å². The number of hydrogen-bond acceptors (Lipinski definition) is 4. The SMILES string of the molecule is Cc1ccc(CN2CCN(CCn3cnnc3C)CC2=O)cc1C. The molecule has 3 rings (SSSR count). The molecule has 6 nitrogen and oxygen atoms in total. The minimum atomic E-state index is 0.208. The number of benzene rings is 1. The Morgan fingerprint density at radius 2 is 1.92 bits per heavy atom. The van der Waals surface area contributed by atoms with Gasteiger partial charge in [-0.2, -0.15) is 0 Å². The van der Waals surface area contributed by atoms with Gasteiger partial charge in [0.05, 0.1) is 6.54 Å². The lowest BCUT2D eigenvalue weighted by Gasteiger charge is -2.34. The van der Waals surface area contributed by atoms with Crippen molar-refractivity contribution in [3.05, 3.63) is 47.0 Å². The highest BCUT2D eigenvalue weighted by Gasteiger charge is 2.23. The Labute approximate surface area is 143 Å². The fourth-order valence-electron chi connectivity index (χ4n) is 3.02. The predicted octanol–water partition coefficient (Wildman–Crippen LogP) is 1.55. The molecule has 1 aliphatic rings. The van der Waals surface area contributed by atoms with Gasteiger partial charge in [-0.05, 0) is 37.5 Å². The van der Waals surface area contributed by atoms with Crippen LogP contribution in [0.25, 0.3) is 0 Å².